The Balaban J connectivity index is -0.000000240. The number of hydrogen-bond acceptors (Lipinski definition) is 10. The van der Waals surface area contributed by atoms with Crippen molar-refractivity contribution in [2.75, 3.05) is 19.5 Å². The molecule has 0 amide bonds. The number of nitrogens with zero attached hydrogens (tertiary/aromatic N) is 3. The number of aryl methyl sites for hydroxylation is 5. The molecule has 16 nitrogen and oxygen atoms in total. The number of hydrogen-bond donors (Lipinski definition) is 5. The predicted molar refractivity (Wildman–Crippen MR) is 210 cm³/mol. The number of carbonyl (C=O) groups excluding carboxylic acids is 2. The molecule has 0 fully saturated rings. The molecular weight excluding hydrogens is 1150 g/mol. The molecule has 0 aromatic heterocycles. The number of esters is 2. The maximum Gasteiger partial charge on any atom is 0.490 e. The average molecular weight is 1190 g/mol. The maximum absolute atomic E-state index is 11.4. The Morgan fingerprint density at radius 2 is 1.00 bits per heavy atom. The molecular formula is C39H40F12N4O12Rh2. The van der Waals surface area contributed by atoms with Gasteiger partial charge in [0.05, 0.1) is 14.2 Å². The summed E-state index contributed by atoms with van der Waals surface area (Å²) in [5.41, 5.74) is 17.5. The van der Waals surface area contributed by atoms with Crippen molar-refractivity contribution in [1.29, 1.82) is 0 Å². The van der Waals surface area contributed by atoms with Crippen molar-refractivity contribution in [3.05, 3.63) is 116 Å². The number of fused-ring (bicyclic) bond motifs is 1. The second-order valence-electron chi connectivity index (χ2n) is 12.4. The number of halogens is 12. The van der Waals surface area contributed by atoms with E-state index in [1.165, 1.54) is 42.5 Å². The van der Waals surface area contributed by atoms with Crippen LogP contribution < -0.4 is 5.32 Å². The fourth-order valence-electron chi connectivity index (χ4n) is 3.75. The van der Waals surface area contributed by atoms with Crippen molar-refractivity contribution in [1.82, 2.24) is 0 Å². The van der Waals surface area contributed by atoms with Gasteiger partial charge in [0.1, 0.15) is 11.7 Å². The fourth-order valence-corrected chi connectivity index (χ4v) is 3.75. The fraction of sp³-hybridized carbons (Fsp3) is 0.333. The first-order valence-electron chi connectivity index (χ1n) is 17.5. The van der Waals surface area contributed by atoms with Crippen LogP contribution in [0.5, 0.6) is 0 Å². The third-order valence-electron chi connectivity index (χ3n) is 7.25. The monoisotopic (exact) mass is 1190 g/mol. The molecule has 1 unspecified atom stereocenters. The second-order valence-corrected chi connectivity index (χ2v) is 12.4. The molecule has 1 heterocycles. The van der Waals surface area contributed by atoms with Crippen LogP contribution in [0.15, 0.2) is 71.5 Å². The number of anilines is 1. The standard InChI is InChI=1S/C12H13N3O2.C12H15NO2.C7H8.4C2HF3O2.2Rh/c1-8-4-5-10(6-9(8)2)7-11(14-15-13)12(16)17-3;1-7-4-9-6-11(12(14)15-3)13-10(9)5-8(7)2;1-7-5-3-2-4-6-7;4*3-2(4,5)1(6)7;;/h4-7H,1-3H3;4-5,11,13H,6H2,1-3H3;2-6H,1H3;4*(H,6,7);;/b11-7-;;;;;;;;. The smallest absolute Gasteiger partial charge is 0.475 e. The number of carboxylic acid groups (broad SMARTS) is 4. The van der Waals surface area contributed by atoms with Crippen molar-refractivity contribution in [2.45, 2.75) is 71.8 Å². The largest absolute Gasteiger partial charge is 0.490 e. The van der Waals surface area contributed by atoms with E-state index in [1.807, 2.05) is 50.2 Å². The van der Waals surface area contributed by atoms with Crippen molar-refractivity contribution < 1.29 is 150 Å². The maximum atomic E-state index is 11.4. The van der Waals surface area contributed by atoms with Crippen LogP contribution >= 0.6 is 0 Å². The topological polar surface area (TPSA) is 263 Å². The summed E-state index contributed by atoms with van der Waals surface area (Å²) in [4.78, 5) is 60.9. The van der Waals surface area contributed by atoms with E-state index in [1.54, 1.807) is 0 Å². The summed E-state index contributed by atoms with van der Waals surface area (Å²) in [6, 6.07) is 20.0. The summed E-state index contributed by atoms with van der Waals surface area (Å²) < 4.78 is 136. The Hall–Kier alpha value is -6.26. The Labute approximate surface area is 408 Å². The summed E-state index contributed by atoms with van der Waals surface area (Å²) in [6.45, 7) is 10.2. The Morgan fingerprint density at radius 3 is 1.30 bits per heavy atom. The summed E-state index contributed by atoms with van der Waals surface area (Å²) in [7, 11) is 2.66. The van der Waals surface area contributed by atoms with Crippen LogP contribution in [0.3, 0.4) is 0 Å². The number of azide groups is 1. The molecule has 0 saturated carbocycles. The molecule has 390 valence electrons. The molecule has 1 atom stereocenters. The zero-order valence-corrected chi connectivity index (χ0v) is 39.5. The molecule has 1 aliphatic heterocycles. The van der Waals surface area contributed by atoms with Gasteiger partial charge < -0.3 is 35.2 Å². The number of carbonyl (C=O) groups is 6. The van der Waals surface area contributed by atoms with Crippen LogP contribution in [0.25, 0.3) is 16.5 Å². The molecule has 30 heteroatoms. The van der Waals surface area contributed by atoms with Gasteiger partial charge in [-0.15, -0.1) is 0 Å². The Morgan fingerprint density at radius 1 is 0.623 bits per heavy atom. The van der Waals surface area contributed by atoms with Gasteiger partial charge in [0, 0.05) is 56.0 Å². The van der Waals surface area contributed by atoms with Gasteiger partial charge in [0.25, 0.3) is 0 Å². The van der Waals surface area contributed by atoms with Crippen LogP contribution in [0.4, 0.5) is 58.4 Å². The molecule has 69 heavy (non-hydrogen) atoms. The minimum Gasteiger partial charge on any atom is -0.475 e. The molecule has 0 aliphatic carbocycles. The first kappa shape index (κ1) is 71.7. The van der Waals surface area contributed by atoms with Crippen LogP contribution in [-0.4, -0.2) is 101 Å². The number of aliphatic carboxylic acids is 4. The van der Waals surface area contributed by atoms with Gasteiger partial charge in [-0.3, -0.25) is 0 Å². The van der Waals surface area contributed by atoms with Crippen molar-refractivity contribution in [3.8, 4) is 0 Å². The van der Waals surface area contributed by atoms with E-state index in [4.69, 9.17) is 49.9 Å². The number of rotatable bonds is 4. The van der Waals surface area contributed by atoms with Crippen molar-refractivity contribution in [2.24, 2.45) is 5.11 Å². The zero-order valence-electron chi connectivity index (χ0n) is 36.2. The molecule has 4 rings (SSSR count). The summed E-state index contributed by atoms with van der Waals surface area (Å²) in [6.07, 6.45) is -18.1. The van der Waals surface area contributed by atoms with Gasteiger partial charge in [-0.2, -0.15) is 52.7 Å². The number of benzene rings is 3. The molecule has 0 saturated heterocycles. The number of methoxy groups -OCH3 is 2. The quantitative estimate of drug-likeness (QED) is 0.0310. The van der Waals surface area contributed by atoms with Gasteiger partial charge in [-0.25, -0.2) is 28.8 Å². The molecule has 1 aliphatic rings. The molecule has 5 N–H and O–H groups in total. The second kappa shape index (κ2) is 33.3. The average Bonchev–Trinajstić information content (AvgIpc) is 3.61. The van der Waals surface area contributed by atoms with E-state index in [0.29, 0.717) is 0 Å². The van der Waals surface area contributed by atoms with Gasteiger partial charge in [-0.1, -0.05) is 65.3 Å². The normalized spacial score (nSPS) is 12.0. The van der Waals surface area contributed by atoms with Crippen LogP contribution in [0.1, 0.15) is 38.9 Å². The third kappa shape index (κ3) is 33.0. The number of nitrogens with one attached hydrogen (secondary N) is 1. The zero-order chi connectivity index (χ0) is 53.3. The van der Waals surface area contributed by atoms with E-state index < -0.39 is 54.6 Å². The van der Waals surface area contributed by atoms with Gasteiger partial charge in [0.2, 0.25) is 0 Å². The van der Waals surface area contributed by atoms with Crippen LogP contribution in [-0.2, 0) is 83.6 Å². The molecule has 3 aromatic carbocycles. The van der Waals surface area contributed by atoms with Gasteiger partial charge in [-0.05, 0) is 85.7 Å². The molecule has 0 bridgehead atoms. The van der Waals surface area contributed by atoms with Crippen molar-refractivity contribution >= 4 is 47.6 Å². The van der Waals surface area contributed by atoms with Crippen LogP contribution in [0, 0.1) is 34.6 Å². The Bertz CT molecular complexity index is 2090. The SMILES string of the molecule is COC(=O)/C(=C/c1ccc(C)c(C)c1)N=[N+]=[N-].COC(=O)C1Cc2cc(C)c(C)cc2N1.Cc1ccccc1.O=C(O)C(F)(F)F.O=C(O)C(F)(F)F.O=C(O)C(F)(F)F.O=C(O)C(F)(F)F.[Rh].[Rh]. The minimum absolute atomic E-state index is 0. The number of carboxylic acids is 4. The number of alkyl halides is 12. The molecule has 2 radical (unpaired) electrons. The van der Waals surface area contributed by atoms with E-state index in [9.17, 15) is 62.3 Å². The Kier molecular flexibility index (Phi) is 34.6. The minimum atomic E-state index is -5.08. The summed E-state index contributed by atoms with van der Waals surface area (Å²) >= 11 is 0. The third-order valence-corrected chi connectivity index (χ3v) is 7.25. The number of ether oxygens (including phenoxy) is 2. The first-order valence-corrected chi connectivity index (χ1v) is 17.5. The van der Waals surface area contributed by atoms with E-state index >= 15 is 0 Å². The molecule has 0 spiro atoms. The van der Waals surface area contributed by atoms with Gasteiger partial charge in [0.15, 0.2) is 0 Å². The molecule has 3 aromatic rings. The summed E-state index contributed by atoms with van der Waals surface area (Å²) in [5, 5.41) is 35.0. The van der Waals surface area contributed by atoms with Crippen molar-refractivity contribution in [3.63, 3.8) is 0 Å². The van der Waals surface area contributed by atoms with E-state index in [0.717, 1.165) is 28.8 Å². The predicted octanol–water partition coefficient (Wildman–Crippen LogP) is 9.46. The van der Waals surface area contributed by atoms with Crippen LogP contribution in [0.2, 0.25) is 0 Å². The van der Waals surface area contributed by atoms with E-state index in [-0.39, 0.29) is 56.7 Å². The summed E-state index contributed by atoms with van der Waals surface area (Å²) in [5.74, 6) is -11.9. The first-order chi connectivity index (χ1) is 30.4. The van der Waals surface area contributed by atoms with Gasteiger partial charge >= 0.3 is 60.5 Å². The van der Waals surface area contributed by atoms with E-state index in [2.05, 4.69) is 65.1 Å².